The number of rotatable bonds is 3. The molecule has 0 bridgehead atoms. The zero-order chi connectivity index (χ0) is 11.0. The minimum absolute atomic E-state index is 0.164. The van der Waals surface area contributed by atoms with Crippen molar-refractivity contribution in [1.29, 1.82) is 0 Å². The van der Waals surface area contributed by atoms with Crippen LogP contribution in [0.25, 0.3) is 0 Å². The van der Waals surface area contributed by atoms with Gasteiger partial charge in [-0.05, 0) is 19.1 Å². The van der Waals surface area contributed by atoms with Crippen LogP contribution in [-0.2, 0) is 14.3 Å². The number of hydrogen-bond donors (Lipinski definition) is 0. The van der Waals surface area contributed by atoms with Crippen LogP contribution in [0.2, 0.25) is 0 Å². The smallest absolute Gasteiger partial charge is 0.267 e. The Hall–Kier alpha value is -1.13. The maximum Gasteiger partial charge on any atom is 0.296 e. The van der Waals surface area contributed by atoms with E-state index < -0.39 is 10.1 Å². The first-order chi connectivity index (χ1) is 6.67. The van der Waals surface area contributed by atoms with Crippen molar-refractivity contribution in [1.82, 2.24) is 0 Å². The van der Waals surface area contributed by atoms with Gasteiger partial charge in [-0.25, -0.2) is 0 Å². The van der Waals surface area contributed by atoms with Crippen molar-refractivity contribution >= 4 is 10.1 Å². The molecule has 14 heavy (non-hydrogen) atoms. The van der Waals surface area contributed by atoms with E-state index >= 15 is 0 Å². The second-order valence-corrected chi connectivity index (χ2v) is 3.79. The van der Waals surface area contributed by atoms with Gasteiger partial charge in [0.1, 0.15) is 0 Å². The molecule has 78 valence electrons. The molecule has 1 aromatic rings. The van der Waals surface area contributed by atoms with Gasteiger partial charge in [0.05, 0.1) is 11.5 Å². The summed E-state index contributed by atoms with van der Waals surface area (Å²) in [6, 6.07) is 8.08. The van der Waals surface area contributed by atoms with Crippen LogP contribution >= 0.6 is 0 Å². The molecule has 1 rings (SSSR count). The minimum Gasteiger partial charge on any atom is -0.267 e. The molecule has 4 heteroatoms. The third-order valence-electron chi connectivity index (χ3n) is 1.30. The highest BCUT2D eigenvalue weighted by Crippen LogP contribution is 2.10. The Labute approximate surface area is 85.2 Å². The first-order valence-corrected chi connectivity index (χ1v) is 5.52. The molecule has 0 N–H and O–H groups in total. The van der Waals surface area contributed by atoms with E-state index in [1.807, 2.05) is 0 Å². The lowest BCUT2D eigenvalue weighted by molar-refractivity contribution is 0.338. The van der Waals surface area contributed by atoms with Crippen LogP contribution in [0.1, 0.15) is 6.92 Å². The third-order valence-corrected chi connectivity index (χ3v) is 2.70. The topological polar surface area (TPSA) is 43.4 Å². The summed E-state index contributed by atoms with van der Waals surface area (Å²) in [6.45, 7) is 7.80. The summed E-state index contributed by atoms with van der Waals surface area (Å²) in [4.78, 5) is 0.201. The predicted molar refractivity (Wildman–Crippen MR) is 56.5 cm³/mol. The lowest BCUT2D eigenvalue weighted by Gasteiger charge is -2.01. The van der Waals surface area contributed by atoms with Crippen LogP contribution in [0.5, 0.6) is 0 Å². The van der Waals surface area contributed by atoms with Crippen molar-refractivity contribution in [2.75, 3.05) is 6.61 Å². The van der Waals surface area contributed by atoms with Crippen LogP contribution in [-0.4, -0.2) is 15.0 Å². The fraction of sp³-hybridized carbons (Fsp3) is 0.200. The van der Waals surface area contributed by atoms with Gasteiger partial charge in [-0.2, -0.15) is 8.42 Å². The van der Waals surface area contributed by atoms with Gasteiger partial charge in [0.25, 0.3) is 10.1 Å². The minimum atomic E-state index is -3.51. The van der Waals surface area contributed by atoms with E-state index in [0.29, 0.717) is 0 Å². The molecule has 0 saturated heterocycles. The van der Waals surface area contributed by atoms with Gasteiger partial charge in [0.2, 0.25) is 0 Å². The van der Waals surface area contributed by atoms with Crippen LogP contribution in [0.15, 0.2) is 48.4 Å². The molecule has 0 heterocycles. The molecule has 0 aromatic heterocycles. The zero-order valence-electron chi connectivity index (χ0n) is 8.14. The van der Waals surface area contributed by atoms with Crippen molar-refractivity contribution in [3.8, 4) is 0 Å². The van der Waals surface area contributed by atoms with Gasteiger partial charge < -0.3 is 0 Å². The molecule has 0 atom stereocenters. The SMILES string of the molecule is C=C.CCOS(=O)(=O)c1ccccc1. The maximum absolute atomic E-state index is 11.2. The summed E-state index contributed by atoms with van der Waals surface area (Å²) in [5.74, 6) is 0. The number of benzene rings is 1. The summed E-state index contributed by atoms with van der Waals surface area (Å²) in [6.07, 6.45) is 0. The molecule has 0 spiro atoms. The Bertz CT molecular complexity index is 343. The fourth-order valence-electron chi connectivity index (χ4n) is 0.810. The second-order valence-electron chi connectivity index (χ2n) is 2.17. The average molecular weight is 214 g/mol. The summed E-state index contributed by atoms with van der Waals surface area (Å²) in [5.41, 5.74) is 0. The molecule has 0 aliphatic heterocycles. The van der Waals surface area contributed by atoms with E-state index in [2.05, 4.69) is 17.3 Å². The molecule has 0 aliphatic rings. The van der Waals surface area contributed by atoms with Gasteiger partial charge >= 0.3 is 0 Å². The van der Waals surface area contributed by atoms with Gasteiger partial charge in [0.15, 0.2) is 0 Å². The lowest BCUT2D eigenvalue weighted by atomic mass is 10.4. The highest BCUT2D eigenvalue weighted by Gasteiger charge is 2.11. The predicted octanol–water partition coefficient (Wildman–Crippen LogP) is 2.21. The zero-order valence-corrected chi connectivity index (χ0v) is 8.96. The summed E-state index contributed by atoms with van der Waals surface area (Å²) in [5, 5.41) is 0. The largest absolute Gasteiger partial charge is 0.296 e. The van der Waals surface area contributed by atoms with E-state index in [4.69, 9.17) is 0 Å². The van der Waals surface area contributed by atoms with E-state index in [1.165, 1.54) is 12.1 Å². The van der Waals surface area contributed by atoms with Crippen LogP contribution in [0.3, 0.4) is 0 Å². The van der Waals surface area contributed by atoms with Gasteiger partial charge in [-0.1, -0.05) is 18.2 Å². The van der Waals surface area contributed by atoms with Crippen molar-refractivity contribution in [3.63, 3.8) is 0 Å². The second kappa shape index (κ2) is 6.34. The first kappa shape index (κ1) is 12.9. The Balaban J connectivity index is 0.000000791. The van der Waals surface area contributed by atoms with Crippen molar-refractivity contribution < 1.29 is 12.6 Å². The van der Waals surface area contributed by atoms with Gasteiger partial charge in [0, 0.05) is 0 Å². The molecule has 0 saturated carbocycles. The molecule has 0 amide bonds. The Morgan fingerprint density at radius 1 is 1.21 bits per heavy atom. The third kappa shape index (κ3) is 3.72. The van der Waals surface area contributed by atoms with Gasteiger partial charge in [-0.3, -0.25) is 4.18 Å². The summed E-state index contributed by atoms with van der Waals surface area (Å²) < 4.78 is 27.0. The summed E-state index contributed by atoms with van der Waals surface area (Å²) in [7, 11) is -3.51. The average Bonchev–Trinajstić information content (AvgIpc) is 2.22. The lowest BCUT2D eigenvalue weighted by Crippen LogP contribution is -2.05. The quantitative estimate of drug-likeness (QED) is 0.572. The van der Waals surface area contributed by atoms with E-state index in [0.717, 1.165) is 0 Å². The van der Waals surface area contributed by atoms with Crippen molar-refractivity contribution in [2.45, 2.75) is 11.8 Å². The van der Waals surface area contributed by atoms with E-state index in [-0.39, 0.29) is 11.5 Å². The van der Waals surface area contributed by atoms with E-state index in [9.17, 15) is 8.42 Å². The highest BCUT2D eigenvalue weighted by molar-refractivity contribution is 7.86. The Morgan fingerprint density at radius 2 is 1.71 bits per heavy atom. The van der Waals surface area contributed by atoms with Crippen LogP contribution in [0.4, 0.5) is 0 Å². The van der Waals surface area contributed by atoms with Crippen molar-refractivity contribution in [2.24, 2.45) is 0 Å². The molecule has 0 fully saturated rings. The molecular weight excluding hydrogens is 200 g/mol. The molecular formula is C10H14O3S. The normalized spacial score (nSPS) is 10.1. The molecule has 0 aliphatic carbocycles. The molecule has 0 radical (unpaired) electrons. The Kier molecular flexibility index (Phi) is 5.83. The fourth-order valence-corrected chi connectivity index (χ4v) is 1.75. The molecule has 1 aromatic carbocycles. The van der Waals surface area contributed by atoms with Crippen LogP contribution in [0, 0.1) is 0 Å². The standard InChI is InChI=1S/C8H10O3S.C2H4/c1-2-11-12(9,10)8-6-4-3-5-7-8;1-2/h3-7H,2H2,1H3;1-2H2. The maximum atomic E-state index is 11.2. The summed E-state index contributed by atoms with van der Waals surface area (Å²) >= 11 is 0. The monoisotopic (exact) mass is 214 g/mol. The highest BCUT2D eigenvalue weighted by atomic mass is 32.2. The van der Waals surface area contributed by atoms with Gasteiger partial charge in [-0.15, -0.1) is 13.2 Å². The first-order valence-electron chi connectivity index (χ1n) is 4.11. The molecule has 0 unspecified atom stereocenters. The Morgan fingerprint density at radius 3 is 2.14 bits per heavy atom. The van der Waals surface area contributed by atoms with Crippen molar-refractivity contribution in [3.05, 3.63) is 43.5 Å². The van der Waals surface area contributed by atoms with Crippen LogP contribution < -0.4 is 0 Å². The number of hydrogen-bond acceptors (Lipinski definition) is 3. The molecule has 3 nitrogen and oxygen atoms in total. The van der Waals surface area contributed by atoms with E-state index in [1.54, 1.807) is 25.1 Å².